The van der Waals surface area contributed by atoms with Crippen LogP contribution in [0.3, 0.4) is 0 Å². The van der Waals surface area contributed by atoms with Gasteiger partial charge in [0.1, 0.15) is 18.3 Å². The van der Waals surface area contributed by atoms with Gasteiger partial charge in [0.25, 0.3) is 0 Å². The second kappa shape index (κ2) is 8.12. The predicted molar refractivity (Wildman–Crippen MR) is 75.4 cm³/mol. The summed E-state index contributed by atoms with van der Waals surface area (Å²) in [6.07, 6.45) is -8.33. The molecule has 1 heterocycles. The quantitative estimate of drug-likeness (QED) is 0.298. The van der Waals surface area contributed by atoms with E-state index in [2.05, 4.69) is 15.4 Å². The van der Waals surface area contributed by atoms with Crippen molar-refractivity contribution in [2.45, 2.75) is 56.3 Å². The van der Waals surface area contributed by atoms with Gasteiger partial charge < -0.3 is 35.8 Å². The molecule has 0 radical (unpaired) electrons. The molecule has 0 spiro atoms. The number of halogens is 2. The van der Waals surface area contributed by atoms with Gasteiger partial charge in [0.2, 0.25) is 5.91 Å². The van der Waals surface area contributed by atoms with Crippen molar-refractivity contribution in [1.82, 2.24) is 10.6 Å². The predicted octanol–water partition coefficient (Wildman–Crippen LogP) is -2.33. The molecular weight excluding hydrogens is 334 g/mol. The molecule has 140 valence electrons. The van der Waals surface area contributed by atoms with Gasteiger partial charge in [-0.15, -0.1) is 0 Å². The first-order valence-corrected chi connectivity index (χ1v) is 7.31. The van der Waals surface area contributed by atoms with Crippen LogP contribution >= 0.6 is 0 Å². The highest BCUT2D eigenvalue weighted by Gasteiger charge is 2.62. The number of rotatable bonds is 7. The average Bonchev–Trinajstić information content (AvgIpc) is 2.52. The summed E-state index contributed by atoms with van der Waals surface area (Å²) >= 11 is 0. The number of aliphatic hydroxyl groups excluding tert-OH is 3. The molecule has 0 aliphatic carbocycles. The maximum Gasteiger partial charge on any atom is 0.372 e. The molecule has 9 nitrogen and oxygen atoms in total. The van der Waals surface area contributed by atoms with Crippen LogP contribution in [0.15, 0.2) is 0 Å². The van der Waals surface area contributed by atoms with Crippen molar-refractivity contribution in [3.63, 3.8) is 0 Å². The zero-order chi connectivity index (χ0) is 18.7. The first-order valence-electron chi connectivity index (χ1n) is 7.31. The van der Waals surface area contributed by atoms with E-state index >= 15 is 0 Å². The second-order valence-corrected chi connectivity index (χ2v) is 5.48. The lowest BCUT2D eigenvalue weighted by atomic mass is 9.86. The number of likely N-dealkylation sites (N-methyl/N-ethyl adjacent to an activating group) is 1. The highest BCUT2D eigenvalue weighted by Crippen LogP contribution is 2.35. The van der Waals surface area contributed by atoms with Crippen molar-refractivity contribution >= 4 is 11.9 Å². The van der Waals surface area contributed by atoms with E-state index in [1.165, 1.54) is 0 Å². The van der Waals surface area contributed by atoms with Crippen LogP contribution in [0.5, 0.6) is 0 Å². The minimum atomic E-state index is -3.80. The molecule has 0 aromatic heterocycles. The molecule has 4 unspecified atom stereocenters. The Kier molecular flexibility index (Phi) is 6.98. The highest BCUT2D eigenvalue weighted by atomic mass is 19.2. The fraction of sp³-hybridized carbons (Fsp3) is 0.846. The molecular formula is C13H22F2N2O7. The van der Waals surface area contributed by atoms with Crippen LogP contribution in [0, 0.1) is 0 Å². The van der Waals surface area contributed by atoms with Gasteiger partial charge in [-0.05, 0) is 6.54 Å². The number of nitrogens with one attached hydrogen (secondary N) is 2. The van der Waals surface area contributed by atoms with Crippen LogP contribution in [0.2, 0.25) is 0 Å². The zero-order valence-corrected chi connectivity index (χ0v) is 13.1. The average molecular weight is 356 g/mol. The summed E-state index contributed by atoms with van der Waals surface area (Å²) in [7, 11) is 0. The Balaban J connectivity index is 3.31. The van der Waals surface area contributed by atoms with Crippen LogP contribution in [0.1, 0.15) is 13.8 Å². The largest absolute Gasteiger partial charge is 0.477 e. The molecule has 6 N–H and O–H groups in total. The highest BCUT2D eigenvalue weighted by molar-refractivity contribution is 5.77. The molecule has 1 aliphatic rings. The molecule has 24 heavy (non-hydrogen) atoms. The molecule has 0 saturated carbocycles. The Morgan fingerprint density at radius 1 is 1.33 bits per heavy atom. The first-order chi connectivity index (χ1) is 11.1. The number of carbonyl (C=O) groups excluding carboxylic acids is 1. The molecule has 7 atom stereocenters. The number of ether oxygens (including phenoxy) is 1. The number of aliphatic hydroxyl groups is 3. The first kappa shape index (κ1) is 20.6. The van der Waals surface area contributed by atoms with Gasteiger partial charge in [-0.2, -0.15) is 4.39 Å². The van der Waals surface area contributed by atoms with Gasteiger partial charge in [-0.3, -0.25) is 4.79 Å². The van der Waals surface area contributed by atoms with Crippen LogP contribution in [-0.4, -0.2) is 87.9 Å². The molecule has 1 fully saturated rings. The molecule has 0 bridgehead atoms. The number of hydrogen-bond donors (Lipinski definition) is 6. The SMILES string of the molecule is CCNC1C(NC(C)=O)C([C@H](O)[C@H](O)CO)O[C@@](F)(C(=O)O)C1F. The lowest BCUT2D eigenvalue weighted by molar-refractivity contribution is -0.278. The van der Waals surface area contributed by atoms with Crippen molar-refractivity contribution in [1.29, 1.82) is 0 Å². The number of amides is 1. The van der Waals surface area contributed by atoms with Crippen molar-refractivity contribution in [3.8, 4) is 0 Å². The van der Waals surface area contributed by atoms with E-state index in [4.69, 9.17) is 10.2 Å². The Bertz CT molecular complexity index is 470. The summed E-state index contributed by atoms with van der Waals surface area (Å²) in [5.41, 5.74) is 0. The second-order valence-electron chi connectivity index (χ2n) is 5.48. The number of carboxylic acids is 1. The lowest BCUT2D eigenvalue weighted by Crippen LogP contribution is -2.74. The van der Waals surface area contributed by atoms with E-state index < -0.39 is 60.9 Å². The number of alkyl halides is 2. The third-order valence-electron chi connectivity index (χ3n) is 3.74. The summed E-state index contributed by atoms with van der Waals surface area (Å²) in [5, 5.41) is 42.2. The normalized spacial score (nSPS) is 36.0. The zero-order valence-electron chi connectivity index (χ0n) is 13.1. The van der Waals surface area contributed by atoms with E-state index in [0.29, 0.717) is 0 Å². The summed E-state index contributed by atoms with van der Waals surface area (Å²) in [6, 6.07) is -2.95. The molecule has 0 aromatic rings. The minimum absolute atomic E-state index is 0.0994. The van der Waals surface area contributed by atoms with Gasteiger partial charge in [0.15, 0.2) is 6.17 Å². The smallest absolute Gasteiger partial charge is 0.372 e. The maximum atomic E-state index is 14.5. The van der Waals surface area contributed by atoms with E-state index in [1.807, 2.05) is 0 Å². The Labute approximate surface area is 136 Å². The van der Waals surface area contributed by atoms with Crippen LogP contribution in [0.4, 0.5) is 8.78 Å². The van der Waals surface area contributed by atoms with Gasteiger partial charge in [-0.1, -0.05) is 6.92 Å². The minimum Gasteiger partial charge on any atom is -0.477 e. The monoisotopic (exact) mass is 356 g/mol. The molecule has 1 amide bonds. The van der Waals surface area contributed by atoms with Gasteiger partial charge >= 0.3 is 11.8 Å². The third kappa shape index (κ3) is 3.98. The molecule has 1 saturated heterocycles. The fourth-order valence-electron chi connectivity index (χ4n) is 2.60. The summed E-state index contributed by atoms with van der Waals surface area (Å²) in [4.78, 5) is 22.5. The van der Waals surface area contributed by atoms with Crippen molar-refractivity contribution in [2.75, 3.05) is 13.2 Å². The van der Waals surface area contributed by atoms with Crippen LogP contribution in [0.25, 0.3) is 0 Å². The fourth-order valence-corrected chi connectivity index (χ4v) is 2.60. The van der Waals surface area contributed by atoms with E-state index in [0.717, 1.165) is 6.92 Å². The van der Waals surface area contributed by atoms with Gasteiger partial charge in [0, 0.05) is 6.92 Å². The summed E-state index contributed by atoms with van der Waals surface area (Å²) < 4.78 is 33.6. The van der Waals surface area contributed by atoms with E-state index in [-0.39, 0.29) is 6.54 Å². The van der Waals surface area contributed by atoms with Gasteiger partial charge in [0.05, 0.1) is 18.7 Å². The van der Waals surface area contributed by atoms with Crippen LogP contribution < -0.4 is 10.6 Å². The molecule has 1 aliphatic heterocycles. The maximum absolute atomic E-state index is 14.5. The van der Waals surface area contributed by atoms with Gasteiger partial charge in [-0.25, -0.2) is 9.18 Å². The van der Waals surface area contributed by atoms with E-state index in [9.17, 15) is 28.6 Å². The number of carbonyl (C=O) groups is 2. The summed E-state index contributed by atoms with van der Waals surface area (Å²) in [5.74, 6) is -6.73. The topological polar surface area (TPSA) is 148 Å². The summed E-state index contributed by atoms with van der Waals surface area (Å²) in [6.45, 7) is 1.78. The van der Waals surface area contributed by atoms with Crippen molar-refractivity contribution in [3.05, 3.63) is 0 Å². The number of carboxylic acid groups (broad SMARTS) is 1. The Morgan fingerprint density at radius 2 is 1.92 bits per heavy atom. The lowest BCUT2D eigenvalue weighted by Gasteiger charge is -2.47. The van der Waals surface area contributed by atoms with E-state index in [1.54, 1.807) is 6.92 Å². The number of aliphatic carboxylic acids is 1. The number of hydrogen-bond acceptors (Lipinski definition) is 7. The molecule has 11 heteroatoms. The third-order valence-corrected chi connectivity index (χ3v) is 3.74. The Morgan fingerprint density at radius 3 is 2.33 bits per heavy atom. The van der Waals surface area contributed by atoms with Crippen molar-refractivity contribution in [2.24, 2.45) is 0 Å². The Hall–Kier alpha value is -1.40. The standard InChI is InChI=1S/C13H22F2N2O7/c1-3-16-8-7(17-5(2)19)10(9(21)6(20)4-18)24-13(15,11(8)14)12(22)23/h6-11,16,18,20-21H,3-4H2,1-2H3,(H,17,19)(H,22,23)/t6-,7?,8?,9-,10?,11?,13-/m1/s1. The van der Waals surface area contributed by atoms with Crippen molar-refractivity contribution < 1.29 is 43.5 Å². The molecule has 1 rings (SSSR count). The molecule has 0 aromatic carbocycles. The van der Waals surface area contributed by atoms with Crippen LogP contribution in [-0.2, 0) is 14.3 Å².